The lowest BCUT2D eigenvalue weighted by atomic mass is 9.82. The Morgan fingerprint density at radius 2 is 2.07 bits per heavy atom. The zero-order valence-electron chi connectivity index (χ0n) is 8.71. The second-order valence-corrected chi connectivity index (χ2v) is 3.90. The molecule has 0 amide bonds. The minimum Gasteiger partial charge on any atom is -0.475 e. The largest absolute Gasteiger partial charge is 0.490 e. The van der Waals surface area contributed by atoms with Crippen LogP contribution in [0.5, 0.6) is 5.88 Å². The molecule has 0 radical (unpaired) electrons. The van der Waals surface area contributed by atoms with Crippen molar-refractivity contribution in [3.8, 4) is 5.88 Å². The number of nitrogens with zero attached hydrogens (tertiary/aromatic N) is 1. The Labute approximate surface area is 88.5 Å². The molecule has 15 heavy (non-hydrogen) atoms. The number of ether oxygens (including phenoxy) is 1. The van der Waals surface area contributed by atoms with E-state index in [1.807, 2.05) is 0 Å². The van der Waals surface area contributed by atoms with Gasteiger partial charge in [0.25, 0.3) is 0 Å². The Balaban J connectivity index is 2.57. The van der Waals surface area contributed by atoms with Gasteiger partial charge in [-0.1, -0.05) is 6.07 Å². The third kappa shape index (κ3) is 4.29. The van der Waals surface area contributed by atoms with Crippen molar-refractivity contribution in [1.82, 2.24) is 4.98 Å². The Morgan fingerprint density at radius 1 is 1.40 bits per heavy atom. The van der Waals surface area contributed by atoms with E-state index in [9.17, 15) is 5.11 Å². The topological polar surface area (TPSA) is 82.8 Å². The first-order valence-corrected chi connectivity index (χ1v) is 4.56. The molecule has 1 aromatic rings. The van der Waals surface area contributed by atoms with Crippen LogP contribution in [0.3, 0.4) is 0 Å². The molecule has 1 aromatic heterocycles. The van der Waals surface area contributed by atoms with Crippen LogP contribution < -0.4 is 10.2 Å². The summed E-state index contributed by atoms with van der Waals surface area (Å²) < 4.78 is 5.18. The molecule has 0 aliphatic heterocycles. The molecule has 0 spiro atoms. The predicted molar refractivity (Wildman–Crippen MR) is 55.9 cm³/mol. The molecule has 1 heterocycles. The van der Waals surface area contributed by atoms with Gasteiger partial charge in [0.15, 0.2) is 0 Å². The first kappa shape index (κ1) is 12.0. The highest BCUT2D eigenvalue weighted by Gasteiger charge is 2.14. The van der Waals surface area contributed by atoms with Crippen LogP contribution in [0.2, 0.25) is 0 Å². The summed E-state index contributed by atoms with van der Waals surface area (Å²) in [6.07, 6.45) is 1.31. The SMILES string of the molecule is CC(C)(O)COc1ccc(B(O)O)cn1. The highest BCUT2D eigenvalue weighted by Crippen LogP contribution is 2.07. The van der Waals surface area contributed by atoms with E-state index in [0.717, 1.165) is 0 Å². The zero-order chi connectivity index (χ0) is 11.5. The second-order valence-electron chi connectivity index (χ2n) is 3.90. The summed E-state index contributed by atoms with van der Waals surface area (Å²) >= 11 is 0. The van der Waals surface area contributed by atoms with Crippen LogP contribution in [0, 0.1) is 0 Å². The average Bonchev–Trinajstić information content (AvgIpc) is 2.14. The highest BCUT2D eigenvalue weighted by atomic mass is 16.5. The van der Waals surface area contributed by atoms with Crippen LogP contribution in [-0.4, -0.2) is 39.5 Å². The fourth-order valence-corrected chi connectivity index (χ4v) is 0.880. The van der Waals surface area contributed by atoms with Crippen molar-refractivity contribution in [1.29, 1.82) is 0 Å². The first-order chi connectivity index (χ1) is 6.88. The number of aromatic nitrogens is 1. The van der Waals surface area contributed by atoms with Crippen molar-refractivity contribution in [2.45, 2.75) is 19.4 Å². The van der Waals surface area contributed by atoms with Gasteiger partial charge in [0.2, 0.25) is 5.88 Å². The summed E-state index contributed by atoms with van der Waals surface area (Å²) in [5.74, 6) is 0.335. The van der Waals surface area contributed by atoms with E-state index in [4.69, 9.17) is 14.8 Å². The number of hydrogen-bond donors (Lipinski definition) is 3. The molecule has 0 aromatic carbocycles. The van der Waals surface area contributed by atoms with Crippen LogP contribution in [0.25, 0.3) is 0 Å². The van der Waals surface area contributed by atoms with Gasteiger partial charge < -0.3 is 19.9 Å². The Hall–Kier alpha value is -1.11. The molecule has 3 N–H and O–H groups in total. The molecule has 0 fully saturated rings. The first-order valence-electron chi connectivity index (χ1n) is 4.56. The van der Waals surface area contributed by atoms with Gasteiger partial charge in [0.1, 0.15) is 6.61 Å². The van der Waals surface area contributed by atoms with E-state index in [0.29, 0.717) is 11.3 Å². The molecule has 0 saturated carbocycles. The fraction of sp³-hybridized carbons (Fsp3) is 0.444. The fourth-order valence-electron chi connectivity index (χ4n) is 0.880. The quantitative estimate of drug-likeness (QED) is 0.551. The molecule has 0 atom stereocenters. The molecular formula is C9H14BNO4. The zero-order valence-corrected chi connectivity index (χ0v) is 8.71. The number of pyridine rings is 1. The van der Waals surface area contributed by atoms with E-state index in [1.54, 1.807) is 13.8 Å². The Kier molecular flexibility index (Phi) is 3.68. The summed E-state index contributed by atoms with van der Waals surface area (Å²) in [5, 5.41) is 27.0. The smallest absolute Gasteiger partial charge is 0.475 e. The maximum Gasteiger partial charge on any atom is 0.490 e. The van der Waals surface area contributed by atoms with Gasteiger partial charge >= 0.3 is 7.12 Å². The van der Waals surface area contributed by atoms with E-state index in [2.05, 4.69) is 4.98 Å². The lowest BCUT2D eigenvalue weighted by molar-refractivity contribution is 0.0268. The summed E-state index contributed by atoms with van der Waals surface area (Å²) in [7, 11) is -1.53. The lowest BCUT2D eigenvalue weighted by Crippen LogP contribution is -2.31. The molecular weight excluding hydrogens is 197 g/mol. The summed E-state index contributed by atoms with van der Waals surface area (Å²) in [4.78, 5) is 3.85. The van der Waals surface area contributed by atoms with Crippen LogP contribution in [0.4, 0.5) is 0 Å². The monoisotopic (exact) mass is 211 g/mol. The Bertz CT molecular complexity index is 307. The summed E-state index contributed by atoms with van der Waals surface area (Å²) in [6.45, 7) is 3.37. The average molecular weight is 211 g/mol. The van der Waals surface area contributed by atoms with E-state index in [1.165, 1.54) is 18.3 Å². The van der Waals surface area contributed by atoms with Crippen molar-refractivity contribution in [2.24, 2.45) is 0 Å². The van der Waals surface area contributed by atoms with Gasteiger partial charge in [0, 0.05) is 11.7 Å². The predicted octanol–water partition coefficient (Wildman–Crippen LogP) is -1.09. The van der Waals surface area contributed by atoms with E-state index >= 15 is 0 Å². The van der Waals surface area contributed by atoms with Crippen molar-refractivity contribution in [3.05, 3.63) is 18.3 Å². The maximum atomic E-state index is 9.39. The van der Waals surface area contributed by atoms with Crippen LogP contribution in [-0.2, 0) is 0 Å². The van der Waals surface area contributed by atoms with Crippen molar-refractivity contribution in [3.63, 3.8) is 0 Å². The highest BCUT2D eigenvalue weighted by molar-refractivity contribution is 6.58. The normalized spacial score (nSPS) is 11.3. The van der Waals surface area contributed by atoms with Gasteiger partial charge in [-0.05, 0) is 19.9 Å². The molecule has 0 bridgehead atoms. The molecule has 0 saturated heterocycles. The van der Waals surface area contributed by atoms with Gasteiger partial charge in [-0.15, -0.1) is 0 Å². The standard InChI is InChI=1S/C9H14BNO4/c1-9(2,12)6-15-8-4-3-7(5-11-8)10(13)14/h3-5,12-14H,6H2,1-2H3. The minimum atomic E-state index is -1.53. The summed E-state index contributed by atoms with van der Waals surface area (Å²) in [6, 6.07) is 3.01. The molecule has 0 aliphatic carbocycles. The third-order valence-electron chi connectivity index (χ3n) is 1.63. The molecule has 0 aliphatic rings. The molecule has 6 heteroatoms. The molecule has 1 rings (SSSR count). The van der Waals surface area contributed by atoms with Gasteiger partial charge in [-0.2, -0.15) is 0 Å². The van der Waals surface area contributed by atoms with Crippen LogP contribution in [0.1, 0.15) is 13.8 Å². The Morgan fingerprint density at radius 3 is 2.47 bits per heavy atom. The molecule has 0 unspecified atom stereocenters. The van der Waals surface area contributed by atoms with E-state index < -0.39 is 12.7 Å². The number of aliphatic hydroxyl groups is 1. The van der Waals surface area contributed by atoms with Gasteiger partial charge in [0.05, 0.1) is 5.60 Å². The van der Waals surface area contributed by atoms with E-state index in [-0.39, 0.29) is 6.61 Å². The van der Waals surface area contributed by atoms with Crippen molar-refractivity contribution >= 4 is 12.6 Å². The van der Waals surface area contributed by atoms with Gasteiger partial charge in [-0.25, -0.2) is 4.98 Å². The maximum absolute atomic E-state index is 9.39. The van der Waals surface area contributed by atoms with Crippen LogP contribution >= 0.6 is 0 Å². The summed E-state index contributed by atoms with van der Waals surface area (Å²) in [5.41, 5.74) is -0.623. The van der Waals surface area contributed by atoms with Crippen molar-refractivity contribution in [2.75, 3.05) is 6.61 Å². The second kappa shape index (κ2) is 4.61. The number of rotatable bonds is 4. The van der Waals surface area contributed by atoms with Crippen LogP contribution in [0.15, 0.2) is 18.3 Å². The minimum absolute atomic E-state index is 0.126. The van der Waals surface area contributed by atoms with Gasteiger partial charge in [-0.3, -0.25) is 0 Å². The number of hydrogen-bond acceptors (Lipinski definition) is 5. The third-order valence-corrected chi connectivity index (χ3v) is 1.63. The van der Waals surface area contributed by atoms with Crippen molar-refractivity contribution < 1.29 is 19.9 Å². The molecule has 5 nitrogen and oxygen atoms in total. The molecule has 82 valence electrons. The lowest BCUT2D eigenvalue weighted by Gasteiger charge is -2.17.